The Kier molecular flexibility index (Phi) is 4.59. The van der Waals surface area contributed by atoms with Gasteiger partial charge in [0.15, 0.2) is 0 Å². The molecule has 3 heterocycles. The van der Waals surface area contributed by atoms with E-state index < -0.39 is 0 Å². The third kappa shape index (κ3) is 3.53. The number of rotatable bonds is 6. The molecule has 1 amide bonds. The quantitative estimate of drug-likeness (QED) is 0.758. The zero-order valence-electron chi connectivity index (χ0n) is 16.4. The summed E-state index contributed by atoms with van der Waals surface area (Å²) < 4.78 is 19.5. The first-order valence-corrected chi connectivity index (χ1v) is 9.87. The SMILES string of the molecule is CN(C)c1cccc(Oc2nnnn2[C@@H]2CO[C@@H]3[C@@H]2OC[C@@H]3NC(=O)C2CC2)c1. The molecule has 0 unspecified atom stereocenters. The van der Waals surface area contributed by atoms with Gasteiger partial charge in [-0.05, 0) is 35.4 Å². The number of nitrogens with one attached hydrogen (secondary N) is 1. The summed E-state index contributed by atoms with van der Waals surface area (Å²) in [5.41, 5.74) is 1.01. The molecule has 1 N–H and O–H groups in total. The molecule has 3 aliphatic rings. The number of nitrogens with zero attached hydrogens (tertiary/aromatic N) is 5. The standard InChI is InChI=1S/C19H24N6O4/c1-24(2)12-4-3-5-13(8-12)29-19-21-22-23-25(19)15-10-28-16-14(9-27-17(15)16)20-18(26)11-6-7-11/h3-5,8,11,14-17H,6-7,9-10H2,1-2H3,(H,20,26)/t14-,15+,16-,17+/m0/s1. The summed E-state index contributed by atoms with van der Waals surface area (Å²) in [6.07, 6.45) is 1.49. The van der Waals surface area contributed by atoms with Crippen LogP contribution in [0.15, 0.2) is 24.3 Å². The fourth-order valence-corrected chi connectivity index (χ4v) is 3.85. The third-order valence-corrected chi connectivity index (χ3v) is 5.62. The Morgan fingerprint density at radius 2 is 2.07 bits per heavy atom. The molecule has 1 aliphatic carbocycles. The van der Waals surface area contributed by atoms with E-state index in [1.54, 1.807) is 4.68 Å². The zero-order chi connectivity index (χ0) is 20.0. The Balaban J connectivity index is 1.30. The minimum absolute atomic E-state index is 0.0959. The maximum absolute atomic E-state index is 12.1. The number of ether oxygens (including phenoxy) is 3. The Morgan fingerprint density at radius 1 is 1.24 bits per heavy atom. The van der Waals surface area contributed by atoms with Gasteiger partial charge >= 0.3 is 6.01 Å². The average molecular weight is 400 g/mol. The molecule has 29 heavy (non-hydrogen) atoms. The molecule has 154 valence electrons. The lowest BCUT2D eigenvalue weighted by atomic mass is 10.1. The van der Waals surface area contributed by atoms with E-state index in [0.717, 1.165) is 18.5 Å². The molecular weight excluding hydrogens is 376 g/mol. The second kappa shape index (κ2) is 7.27. The lowest BCUT2D eigenvalue weighted by Crippen LogP contribution is -2.44. The highest BCUT2D eigenvalue weighted by atomic mass is 16.6. The molecule has 10 heteroatoms. The Bertz CT molecular complexity index is 898. The normalized spacial score (nSPS) is 28.2. The van der Waals surface area contributed by atoms with Gasteiger partial charge in [0.25, 0.3) is 0 Å². The first-order valence-electron chi connectivity index (χ1n) is 9.87. The molecular formula is C19H24N6O4. The monoisotopic (exact) mass is 400 g/mol. The molecule has 2 aliphatic heterocycles. The number of carbonyl (C=O) groups is 1. The van der Waals surface area contributed by atoms with Crippen molar-refractivity contribution in [2.24, 2.45) is 5.92 Å². The van der Waals surface area contributed by atoms with Gasteiger partial charge in [0.1, 0.15) is 24.0 Å². The van der Waals surface area contributed by atoms with Crippen LogP contribution in [0, 0.1) is 5.92 Å². The van der Waals surface area contributed by atoms with E-state index >= 15 is 0 Å². The molecule has 3 fully saturated rings. The molecule has 2 saturated heterocycles. The van der Waals surface area contributed by atoms with Crippen molar-refractivity contribution in [2.75, 3.05) is 32.2 Å². The second-order valence-electron chi connectivity index (χ2n) is 7.95. The zero-order valence-corrected chi connectivity index (χ0v) is 16.4. The van der Waals surface area contributed by atoms with Crippen LogP contribution in [0.25, 0.3) is 0 Å². The number of fused-ring (bicyclic) bond motifs is 1. The molecule has 1 saturated carbocycles. The highest BCUT2D eigenvalue weighted by molar-refractivity contribution is 5.81. The topological polar surface area (TPSA) is 104 Å². The van der Waals surface area contributed by atoms with E-state index in [-0.39, 0.29) is 42.1 Å². The number of aromatic nitrogens is 4. The number of benzene rings is 1. The van der Waals surface area contributed by atoms with Crippen LogP contribution < -0.4 is 15.0 Å². The first kappa shape index (κ1) is 18.3. The third-order valence-electron chi connectivity index (χ3n) is 5.62. The predicted octanol–water partition coefficient (Wildman–Crippen LogP) is 0.765. The van der Waals surface area contributed by atoms with Gasteiger partial charge < -0.3 is 24.4 Å². The molecule has 1 aromatic heterocycles. The number of tetrazole rings is 1. The highest BCUT2D eigenvalue weighted by Gasteiger charge is 2.50. The number of hydrogen-bond acceptors (Lipinski definition) is 8. The van der Waals surface area contributed by atoms with Crippen LogP contribution in [0.4, 0.5) is 5.69 Å². The fraction of sp³-hybridized carbons (Fsp3) is 0.579. The lowest BCUT2D eigenvalue weighted by Gasteiger charge is -2.18. The molecule has 4 atom stereocenters. The van der Waals surface area contributed by atoms with Crippen LogP contribution in [0.1, 0.15) is 18.9 Å². The molecule has 2 aromatic rings. The summed E-state index contributed by atoms with van der Waals surface area (Å²) in [6.45, 7) is 0.817. The van der Waals surface area contributed by atoms with Crippen molar-refractivity contribution in [3.8, 4) is 11.8 Å². The van der Waals surface area contributed by atoms with Gasteiger partial charge in [0.2, 0.25) is 5.91 Å². The summed E-state index contributed by atoms with van der Waals surface area (Å²) >= 11 is 0. The van der Waals surface area contributed by atoms with Gasteiger partial charge in [0.05, 0.1) is 19.3 Å². The van der Waals surface area contributed by atoms with Crippen LogP contribution in [-0.2, 0) is 14.3 Å². The van der Waals surface area contributed by atoms with Crippen molar-refractivity contribution in [2.45, 2.75) is 37.1 Å². The number of anilines is 1. The minimum Gasteiger partial charge on any atom is -0.423 e. The van der Waals surface area contributed by atoms with Gasteiger partial charge in [0, 0.05) is 31.8 Å². The smallest absolute Gasteiger partial charge is 0.341 e. The van der Waals surface area contributed by atoms with Crippen molar-refractivity contribution in [1.82, 2.24) is 25.5 Å². The van der Waals surface area contributed by atoms with E-state index in [2.05, 4.69) is 20.8 Å². The summed E-state index contributed by atoms with van der Waals surface area (Å²) in [7, 11) is 3.93. The average Bonchev–Trinajstić information content (AvgIpc) is 3.15. The van der Waals surface area contributed by atoms with Gasteiger partial charge in [-0.15, -0.1) is 0 Å². The largest absolute Gasteiger partial charge is 0.423 e. The van der Waals surface area contributed by atoms with E-state index in [1.165, 1.54) is 0 Å². The maximum atomic E-state index is 12.1. The number of hydrogen-bond donors (Lipinski definition) is 1. The van der Waals surface area contributed by atoms with Crippen LogP contribution in [0.2, 0.25) is 0 Å². The molecule has 0 bridgehead atoms. The van der Waals surface area contributed by atoms with E-state index in [0.29, 0.717) is 19.0 Å². The predicted molar refractivity (Wildman–Crippen MR) is 102 cm³/mol. The Labute approximate surface area is 168 Å². The van der Waals surface area contributed by atoms with Crippen LogP contribution >= 0.6 is 0 Å². The van der Waals surface area contributed by atoms with Gasteiger partial charge in [-0.1, -0.05) is 11.2 Å². The number of amides is 1. The Morgan fingerprint density at radius 3 is 2.86 bits per heavy atom. The highest BCUT2D eigenvalue weighted by Crippen LogP contribution is 2.37. The molecule has 0 radical (unpaired) electrons. The van der Waals surface area contributed by atoms with E-state index in [4.69, 9.17) is 14.2 Å². The van der Waals surface area contributed by atoms with Crippen molar-refractivity contribution < 1.29 is 19.0 Å². The summed E-state index contributed by atoms with van der Waals surface area (Å²) in [5, 5.41) is 15.0. The lowest BCUT2D eigenvalue weighted by molar-refractivity contribution is -0.123. The maximum Gasteiger partial charge on any atom is 0.341 e. The van der Waals surface area contributed by atoms with Crippen molar-refractivity contribution in [3.05, 3.63) is 24.3 Å². The minimum atomic E-state index is -0.238. The van der Waals surface area contributed by atoms with Crippen LogP contribution in [0.5, 0.6) is 11.8 Å². The van der Waals surface area contributed by atoms with Gasteiger partial charge in [-0.25, -0.2) is 0 Å². The van der Waals surface area contributed by atoms with Crippen LogP contribution in [-0.4, -0.2) is 71.7 Å². The number of carbonyl (C=O) groups excluding carboxylic acids is 1. The summed E-state index contributed by atoms with van der Waals surface area (Å²) in [5.74, 6) is 0.895. The summed E-state index contributed by atoms with van der Waals surface area (Å²) in [4.78, 5) is 14.1. The Hall–Kier alpha value is -2.72. The molecule has 0 spiro atoms. The van der Waals surface area contributed by atoms with Gasteiger partial charge in [-0.2, -0.15) is 4.68 Å². The first-order chi connectivity index (χ1) is 14.1. The molecule has 1 aromatic carbocycles. The fourth-order valence-electron chi connectivity index (χ4n) is 3.85. The molecule has 10 nitrogen and oxygen atoms in total. The van der Waals surface area contributed by atoms with Crippen LogP contribution in [0.3, 0.4) is 0 Å². The van der Waals surface area contributed by atoms with E-state index in [9.17, 15) is 4.79 Å². The summed E-state index contributed by atoms with van der Waals surface area (Å²) in [6, 6.07) is 7.61. The van der Waals surface area contributed by atoms with Crippen molar-refractivity contribution in [1.29, 1.82) is 0 Å². The second-order valence-corrected chi connectivity index (χ2v) is 7.95. The van der Waals surface area contributed by atoms with Crippen molar-refractivity contribution >= 4 is 11.6 Å². The van der Waals surface area contributed by atoms with Crippen molar-refractivity contribution in [3.63, 3.8) is 0 Å². The molecule has 5 rings (SSSR count). The van der Waals surface area contributed by atoms with E-state index in [1.807, 2.05) is 43.3 Å². The van der Waals surface area contributed by atoms with Gasteiger partial charge in [-0.3, -0.25) is 4.79 Å².